The van der Waals surface area contributed by atoms with Crippen molar-refractivity contribution in [1.29, 1.82) is 0 Å². The zero-order chi connectivity index (χ0) is 19.3. The van der Waals surface area contributed by atoms with E-state index in [1.807, 2.05) is 24.3 Å². The molecule has 2 aliphatic heterocycles. The number of methoxy groups -OCH3 is 1. The van der Waals surface area contributed by atoms with E-state index in [2.05, 4.69) is 0 Å². The maximum atomic E-state index is 14.0. The zero-order valence-corrected chi connectivity index (χ0v) is 15.6. The molecule has 1 fully saturated rings. The Bertz CT molecular complexity index is 941. The highest BCUT2D eigenvalue weighted by Crippen LogP contribution is 2.48. The molecule has 0 unspecified atom stereocenters. The van der Waals surface area contributed by atoms with Gasteiger partial charge in [-0.2, -0.15) is 0 Å². The van der Waals surface area contributed by atoms with Crippen LogP contribution in [0.15, 0.2) is 36.4 Å². The molecular formula is C21H21FN2O3. The van der Waals surface area contributed by atoms with Crippen LogP contribution < -0.4 is 4.74 Å². The van der Waals surface area contributed by atoms with E-state index in [1.165, 1.54) is 12.1 Å². The fraction of sp³-hybridized carbons (Fsp3) is 0.333. The molecule has 2 amide bonds. The Morgan fingerprint density at radius 1 is 1.19 bits per heavy atom. The largest absolute Gasteiger partial charge is 0.497 e. The molecule has 1 atom stereocenters. The van der Waals surface area contributed by atoms with Crippen LogP contribution in [0.25, 0.3) is 0 Å². The molecule has 0 radical (unpaired) electrons. The molecule has 2 aromatic rings. The van der Waals surface area contributed by atoms with Gasteiger partial charge in [0.25, 0.3) is 11.8 Å². The van der Waals surface area contributed by atoms with Gasteiger partial charge >= 0.3 is 0 Å². The van der Waals surface area contributed by atoms with Crippen LogP contribution in [0.5, 0.6) is 5.75 Å². The topological polar surface area (TPSA) is 49.9 Å². The Kier molecular flexibility index (Phi) is 3.94. The van der Waals surface area contributed by atoms with E-state index >= 15 is 0 Å². The third kappa shape index (κ3) is 2.43. The minimum Gasteiger partial charge on any atom is -0.497 e. The predicted octanol–water partition coefficient (Wildman–Crippen LogP) is 2.86. The van der Waals surface area contributed by atoms with E-state index in [1.54, 1.807) is 30.9 Å². The number of fused-ring (bicyclic) bond motifs is 2. The molecule has 0 bridgehead atoms. The molecule has 1 spiro atoms. The van der Waals surface area contributed by atoms with Gasteiger partial charge in [0, 0.05) is 37.7 Å². The summed E-state index contributed by atoms with van der Waals surface area (Å²) in [5, 5.41) is 0. The van der Waals surface area contributed by atoms with Crippen LogP contribution in [0.2, 0.25) is 0 Å². The number of likely N-dealkylation sites (tertiary alicyclic amines) is 1. The van der Waals surface area contributed by atoms with Crippen molar-refractivity contribution in [3.05, 3.63) is 64.5 Å². The number of rotatable bonds is 3. The summed E-state index contributed by atoms with van der Waals surface area (Å²) in [7, 11) is 3.33. The van der Waals surface area contributed by atoms with E-state index < -0.39 is 11.4 Å². The van der Waals surface area contributed by atoms with Crippen molar-refractivity contribution in [2.24, 2.45) is 0 Å². The molecule has 0 saturated carbocycles. The summed E-state index contributed by atoms with van der Waals surface area (Å²) in [5.41, 5.74) is 1.41. The highest BCUT2D eigenvalue weighted by molar-refractivity contribution is 6.08. The van der Waals surface area contributed by atoms with E-state index in [4.69, 9.17) is 4.74 Å². The van der Waals surface area contributed by atoms with Gasteiger partial charge in [-0.25, -0.2) is 4.39 Å². The Hall–Kier alpha value is -2.89. The van der Waals surface area contributed by atoms with Gasteiger partial charge in [0.1, 0.15) is 11.6 Å². The number of nitrogens with zero attached hydrogens (tertiary/aromatic N) is 2. The van der Waals surface area contributed by atoms with Crippen molar-refractivity contribution in [3.63, 3.8) is 0 Å². The quantitative estimate of drug-likeness (QED) is 0.837. The molecule has 6 heteroatoms. The third-order valence-electron chi connectivity index (χ3n) is 5.66. The highest BCUT2D eigenvalue weighted by atomic mass is 19.1. The highest BCUT2D eigenvalue weighted by Gasteiger charge is 2.59. The minimum absolute atomic E-state index is 0.113. The van der Waals surface area contributed by atoms with Gasteiger partial charge in [0.05, 0.1) is 7.11 Å². The number of carbonyl (C=O) groups is 2. The Morgan fingerprint density at radius 3 is 2.48 bits per heavy atom. The summed E-state index contributed by atoms with van der Waals surface area (Å²) in [6, 6.07) is 10.0. The molecule has 0 aromatic heterocycles. The van der Waals surface area contributed by atoms with Crippen molar-refractivity contribution in [1.82, 2.24) is 9.80 Å². The SMILES string of the molecule is COc1ccc(CN2C(=O)c3cc(F)cc(C)c3[C@@]23CCN(C)C3=O)cc1. The Morgan fingerprint density at radius 2 is 1.89 bits per heavy atom. The maximum Gasteiger partial charge on any atom is 0.255 e. The van der Waals surface area contributed by atoms with Crippen LogP contribution >= 0.6 is 0 Å². The normalized spacial score (nSPS) is 21.3. The molecular weight excluding hydrogens is 347 g/mol. The Labute approximate surface area is 157 Å². The van der Waals surface area contributed by atoms with Gasteiger partial charge in [-0.3, -0.25) is 9.59 Å². The van der Waals surface area contributed by atoms with E-state index in [0.29, 0.717) is 29.7 Å². The molecule has 0 aliphatic carbocycles. The summed E-state index contributed by atoms with van der Waals surface area (Å²) in [6.07, 6.45) is 0.504. The Balaban J connectivity index is 1.84. The zero-order valence-electron chi connectivity index (χ0n) is 15.6. The van der Waals surface area contributed by atoms with Crippen LogP contribution in [-0.4, -0.2) is 42.3 Å². The van der Waals surface area contributed by atoms with Gasteiger partial charge in [0.15, 0.2) is 5.54 Å². The van der Waals surface area contributed by atoms with Crippen LogP contribution in [0, 0.1) is 12.7 Å². The number of likely N-dealkylation sites (N-methyl/N-ethyl adjacent to an activating group) is 1. The number of halogens is 1. The van der Waals surface area contributed by atoms with Crippen molar-refractivity contribution in [2.75, 3.05) is 20.7 Å². The number of hydrogen-bond acceptors (Lipinski definition) is 3. The van der Waals surface area contributed by atoms with Crippen LogP contribution in [0.3, 0.4) is 0 Å². The third-order valence-corrected chi connectivity index (χ3v) is 5.66. The lowest BCUT2D eigenvalue weighted by Gasteiger charge is -2.34. The smallest absolute Gasteiger partial charge is 0.255 e. The molecule has 2 aliphatic rings. The average Bonchev–Trinajstić information content (AvgIpc) is 3.07. The summed E-state index contributed by atoms with van der Waals surface area (Å²) in [6.45, 7) is 2.60. The second kappa shape index (κ2) is 6.08. The summed E-state index contributed by atoms with van der Waals surface area (Å²) in [5.74, 6) is -0.149. The molecule has 140 valence electrons. The van der Waals surface area contributed by atoms with Crippen LogP contribution in [0.1, 0.15) is 33.5 Å². The van der Waals surface area contributed by atoms with Gasteiger partial charge in [-0.05, 0) is 42.3 Å². The molecule has 0 N–H and O–H groups in total. The lowest BCUT2D eigenvalue weighted by atomic mass is 9.84. The summed E-state index contributed by atoms with van der Waals surface area (Å²) >= 11 is 0. The van der Waals surface area contributed by atoms with Crippen LogP contribution in [0.4, 0.5) is 4.39 Å². The first kappa shape index (κ1) is 17.5. The number of aryl methyl sites for hydroxylation is 1. The van der Waals surface area contributed by atoms with Crippen molar-refractivity contribution in [2.45, 2.75) is 25.4 Å². The number of amides is 2. The van der Waals surface area contributed by atoms with Crippen molar-refractivity contribution >= 4 is 11.8 Å². The predicted molar refractivity (Wildman–Crippen MR) is 97.9 cm³/mol. The molecule has 4 rings (SSSR count). The summed E-state index contributed by atoms with van der Waals surface area (Å²) in [4.78, 5) is 29.7. The van der Waals surface area contributed by atoms with Crippen LogP contribution in [-0.2, 0) is 16.9 Å². The maximum absolute atomic E-state index is 14.0. The second-order valence-electron chi connectivity index (χ2n) is 7.22. The van der Waals surface area contributed by atoms with Crippen molar-refractivity contribution < 1.29 is 18.7 Å². The number of ether oxygens (including phenoxy) is 1. The van der Waals surface area contributed by atoms with Gasteiger partial charge in [0.2, 0.25) is 0 Å². The standard InChI is InChI=1S/C21H21FN2O3/c1-13-10-15(22)11-17-18(13)21(8-9-23(2)20(21)26)24(19(17)25)12-14-4-6-16(27-3)7-5-14/h4-7,10-11H,8-9,12H2,1-3H3/t21-/m1/s1. The lowest BCUT2D eigenvalue weighted by Crippen LogP contribution is -2.49. The summed E-state index contributed by atoms with van der Waals surface area (Å²) < 4.78 is 19.2. The number of hydrogen-bond donors (Lipinski definition) is 0. The second-order valence-corrected chi connectivity index (χ2v) is 7.22. The van der Waals surface area contributed by atoms with Gasteiger partial charge in [-0.1, -0.05) is 12.1 Å². The molecule has 27 heavy (non-hydrogen) atoms. The van der Waals surface area contributed by atoms with E-state index in [0.717, 1.165) is 11.3 Å². The fourth-order valence-electron chi connectivity index (χ4n) is 4.37. The van der Waals surface area contributed by atoms with Gasteiger partial charge in [-0.15, -0.1) is 0 Å². The first-order valence-corrected chi connectivity index (χ1v) is 8.89. The lowest BCUT2D eigenvalue weighted by molar-refractivity contribution is -0.136. The van der Waals surface area contributed by atoms with E-state index in [9.17, 15) is 14.0 Å². The minimum atomic E-state index is -1.06. The van der Waals surface area contributed by atoms with Crippen molar-refractivity contribution in [3.8, 4) is 5.75 Å². The van der Waals surface area contributed by atoms with E-state index in [-0.39, 0.29) is 18.4 Å². The average molecular weight is 368 g/mol. The number of carbonyl (C=O) groups excluding carboxylic acids is 2. The van der Waals surface area contributed by atoms with Gasteiger partial charge < -0.3 is 14.5 Å². The molecule has 1 saturated heterocycles. The monoisotopic (exact) mass is 368 g/mol. The first-order chi connectivity index (χ1) is 12.9. The molecule has 5 nitrogen and oxygen atoms in total. The molecule has 2 aromatic carbocycles. The molecule has 2 heterocycles. The fourth-order valence-corrected chi connectivity index (χ4v) is 4.37. The number of benzene rings is 2. The first-order valence-electron chi connectivity index (χ1n) is 8.89.